The summed E-state index contributed by atoms with van der Waals surface area (Å²) in [6.45, 7) is 0. The molecule has 0 aromatic heterocycles. The molecule has 1 rings (SSSR count). The molecule has 0 aliphatic carbocycles. The van der Waals surface area contributed by atoms with Crippen LogP contribution in [0, 0.1) is 6.07 Å². The molecule has 0 bridgehead atoms. The first-order valence-corrected chi connectivity index (χ1v) is 2.19. The van der Waals surface area contributed by atoms with E-state index in [0.717, 1.165) is 0 Å². The molecule has 0 spiro atoms. The molecule has 1 aromatic rings. The van der Waals surface area contributed by atoms with Crippen molar-refractivity contribution < 1.29 is 31.3 Å². The van der Waals surface area contributed by atoms with Crippen molar-refractivity contribution in [1.29, 1.82) is 0 Å². The molecule has 48 valence electrons. The average molecular weight is 293 g/mol. The molecule has 9 heavy (non-hydrogen) atoms. The van der Waals surface area contributed by atoms with Gasteiger partial charge in [-0.25, -0.2) is 0 Å². The second-order valence-corrected chi connectivity index (χ2v) is 1.43. The molecular formula is C6H5O2W-. The minimum atomic E-state index is 0. The van der Waals surface area contributed by atoms with Crippen LogP contribution in [0.2, 0.25) is 0 Å². The van der Waals surface area contributed by atoms with Gasteiger partial charge in [-0.1, -0.05) is 0 Å². The van der Waals surface area contributed by atoms with Crippen LogP contribution in [0.3, 0.4) is 0 Å². The largest absolute Gasteiger partial charge is 0.566 e. The van der Waals surface area contributed by atoms with Gasteiger partial charge in [0.25, 0.3) is 0 Å². The van der Waals surface area contributed by atoms with Gasteiger partial charge >= 0.3 is 0 Å². The number of phenols is 2. The average Bonchev–Trinajstić information content (AvgIpc) is 1.77. The Balaban J connectivity index is 0.000000640. The molecule has 0 aliphatic heterocycles. The van der Waals surface area contributed by atoms with E-state index < -0.39 is 0 Å². The zero-order valence-corrected chi connectivity index (χ0v) is 7.47. The van der Waals surface area contributed by atoms with Crippen LogP contribution < -0.4 is 0 Å². The molecule has 2 nitrogen and oxygen atoms in total. The minimum Gasteiger partial charge on any atom is -0.566 e. The molecule has 0 amide bonds. The third kappa shape index (κ3) is 2.52. The van der Waals surface area contributed by atoms with Crippen molar-refractivity contribution in [2.75, 3.05) is 0 Å². The second kappa shape index (κ2) is 3.52. The van der Waals surface area contributed by atoms with Crippen molar-refractivity contribution in [2.45, 2.75) is 0 Å². The normalized spacial score (nSPS) is 8.00. The SMILES string of the molecule is Oc1[c-]cc(O)cc1.[W]. The third-order valence-electron chi connectivity index (χ3n) is 0.780. The molecule has 0 radical (unpaired) electrons. The maximum absolute atomic E-state index is 8.61. The van der Waals surface area contributed by atoms with Crippen molar-refractivity contribution in [1.82, 2.24) is 0 Å². The molecule has 3 heteroatoms. The summed E-state index contributed by atoms with van der Waals surface area (Å²) in [5.74, 6) is 0.158. The van der Waals surface area contributed by atoms with Gasteiger partial charge in [0.2, 0.25) is 0 Å². The van der Waals surface area contributed by atoms with E-state index in [-0.39, 0.29) is 32.6 Å². The van der Waals surface area contributed by atoms with E-state index >= 15 is 0 Å². The molecule has 0 saturated heterocycles. The van der Waals surface area contributed by atoms with Crippen LogP contribution in [0.4, 0.5) is 0 Å². The predicted octanol–water partition coefficient (Wildman–Crippen LogP) is 0.895. The smallest absolute Gasteiger partial charge is 0.00421 e. The Bertz CT molecular complexity index is 150. The van der Waals surface area contributed by atoms with Crippen molar-refractivity contribution in [3.8, 4) is 11.5 Å². The van der Waals surface area contributed by atoms with Gasteiger partial charge in [-0.3, -0.25) is 0 Å². The van der Waals surface area contributed by atoms with Gasteiger partial charge in [0.15, 0.2) is 0 Å². The summed E-state index contributed by atoms with van der Waals surface area (Å²) in [6, 6.07) is 6.47. The summed E-state index contributed by atoms with van der Waals surface area (Å²) in [4.78, 5) is 0. The number of phenolic OH excluding ortho intramolecular Hbond substituents is 2. The van der Waals surface area contributed by atoms with Crippen LogP contribution in [0.25, 0.3) is 0 Å². The first-order valence-electron chi connectivity index (χ1n) is 2.19. The van der Waals surface area contributed by atoms with Crippen molar-refractivity contribution >= 4 is 0 Å². The fourth-order valence-corrected chi connectivity index (χ4v) is 0.408. The van der Waals surface area contributed by atoms with Crippen molar-refractivity contribution in [2.24, 2.45) is 0 Å². The van der Waals surface area contributed by atoms with Crippen LogP contribution in [0.5, 0.6) is 11.5 Å². The van der Waals surface area contributed by atoms with E-state index in [0.29, 0.717) is 0 Å². The Hall–Kier alpha value is -0.492. The second-order valence-electron chi connectivity index (χ2n) is 1.43. The first kappa shape index (κ1) is 8.51. The van der Waals surface area contributed by atoms with Crippen LogP contribution in [0.15, 0.2) is 18.2 Å². The number of benzene rings is 1. The van der Waals surface area contributed by atoms with Crippen LogP contribution in [0.1, 0.15) is 0 Å². The molecule has 0 aliphatic rings. The van der Waals surface area contributed by atoms with Gasteiger partial charge in [-0.15, -0.1) is 24.3 Å². The molecule has 1 aromatic carbocycles. The van der Waals surface area contributed by atoms with Crippen molar-refractivity contribution in [3.05, 3.63) is 24.3 Å². The fourth-order valence-electron chi connectivity index (χ4n) is 0.408. The van der Waals surface area contributed by atoms with Crippen LogP contribution >= 0.6 is 0 Å². The topological polar surface area (TPSA) is 40.5 Å². The third-order valence-corrected chi connectivity index (χ3v) is 0.780. The van der Waals surface area contributed by atoms with E-state index in [4.69, 9.17) is 10.2 Å². The Morgan fingerprint density at radius 3 is 2.22 bits per heavy atom. The van der Waals surface area contributed by atoms with Gasteiger partial charge < -0.3 is 10.2 Å². The molecule has 0 saturated carbocycles. The molecule has 0 fully saturated rings. The van der Waals surface area contributed by atoms with E-state index in [1.54, 1.807) is 0 Å². The zero-order chi connectivity index (χ0) is 5.98. The summed E-state index contributed by atoms with van der Waals surface area (Å²) >= 11 is 0. The van der Waals surface area contributed by atoms with Gasteiger partial charge in [-0.05, 0) is 0 Å². The number of rotatable bonds is 0. The van der Waals surface area contributed by atoms with Gasteiger partial charge in [0.1, 0.15) is 0 Å². The Morgan fingerprint density at radius 1 is 1.22 bits per heavy atom. The maximum atomic E-state index is 8.61. The van der Waals surface area contributed by atoms with E-state index in [9.17, 15) is 0 Å². The Morgan fingerprint density at radius 2 is 1.89 bits per heavy atom. The first-order chi connectivity index (χ1) is 3.79. The molecular weight excluding hydrogens is 288 g/mol. The van der Waals surface area contributed by atoms with Crippen molar-refractivity contribution in [3.63, 3.8) is 0 Å². The van der Waals surface area contributed by atoms with E-state index in [1.807, 2.05) is 0 Å². The minimum absolute atomic E-state index is 0. The number of hydrogen-bond donors (Lipinski definition) is 2. The Kier molecular flexibility index (Phi) is 3.33. The number of aromatic hydroxyl groups is 2. The van der Waals surface area contributed by atoms with Crippen LogP contribution in [-0.4, -0.2) is 10.2 Å². The monoisotopic (exact) mass is 293 g/mol. The molecule has 0 heterocycles. The van der Waals surface area contributed by atoms with Gasteiger partial charge in [0, 0.05) is 32.6 Å². The number of hydrogen-bond acceptors (Lipinski definition) is 2. The summed E-state index contributed by atoms with van der Waals surface area (Å²) in [7, 11) is 0. The summed E-state index contributed by atoms with van der Waals surface area (Å²) in [6.07, 6.45) is 0. The summed E-state index contributed by atoms with van der Waals surface area (Å²) < 4.78 is 0. The molecule has 0 atom stereocenters. The quantitative estimate of drug-likeness (QED) is 0.551. The summed E-state index contributed by atoms with van der Waals surface area (Å²) in [5.41, 5.74) is 0. The zero-order valence-electron chi connectivity index (χ0n) is 4.53. The standard InChI is InChI=1S/C6H5O2.W/c7-5-1-2-6(8)4-3-5;/h1-3,7-8H;/q-1;. The summed E-state index contributed by atoms with van der Waals surface area (Å²) in [5, 5.41) is 17.2. The van der Waals surface area contributed by atoms with E-state index in [2.05, 4.69) is 6.07 Å². The van der Waals surface area contributed by atoms with E-state index in [1.165, 1.54) is 18.2 Å². The predicted molar refractivity (Wildman–Crippen MR) is 28.6 cm³/mol. The molecule has 0 unspecified atom stereocenters. The Labute approximate surface area is 67.4 Å². The maximum Gasteiger partial charge on any atom is 0.00421 e. The van der Waals surface area contributed by atoms with Gasteiger partial charge in [0.05, 0.1) is 0 Å². The fraction of sp³-hybridized carbons (Fsp3) is 0. The van der Waals surface area contributed by atoms with Gasteiger partial charge in [-0.2, -0.15) is 0 Å². The van der Waals surface area contributed by atoms with Crippen LogP contribution in [-0.2, 0) is 21.1 Å². The molecule has 2 N–H and O–H groups in total.